The lowest BCUT2D eigenvalue weighted by Gasteiger charge is -2.07. The van der Waals surface area contributed by atoms with Gasteiger partial charge in [0.05, 0.1) is 26.5 Å². The second kappa shape index (κ2) is 6.14. The Labute approximate surface area is 142 Å². The van der Waals surface area contributed by atoms with E-state index in [1.165, 1.54) is 18.2 Å². The van der Waals surface area contributed by atoms with Gasteiger partial charge in [0.25, 0.3) is 5.69 Å². The van der Waals surface area contributed by atoms with Crippen LogP contribution in [0.3, 0.4) is 0 Å². The maximum Gasteiger partial charge on any atom is 0.270 e. The molecule has 0 spiro atoms. The number of hydrogen-bond donors (Lipinski definition) is 0. The first-order valence-electron chi connectivity index (χ1n) is 6.75. The average Bonchev–Trinajstić information content (AvgIpc) is 2.55. The highest BCUT2D eigenvalue weighted by atomic mass is 35.5. The molecule has 0 atom stereocenters. The van der Waals surface area contributed by atoms with Crippen molar-refractivity contribution in [1.29, 1.82) is 0 Å². The number of fused-ring (bicyclic) bond motifs is 1. The summed E-state index contributed by atoms with van der Waals surface area (Å²) in [6.45, 7) is 0. The maximum absolute atomic E-state index is 12.5. The third-order valence-corrected chi connectivity index (χ3v) is 5.24. The van der Waals surface area contributed by atoms with Gasteiger partial charge >= 0.3 is 0 Å². The van der Waals surface area contributed by atoms with Crippen LogP contribution in [0.4, 0.5) is 5.69 Å². The molecule has 9 heteroatoms. The molecule has 122 valence electrons. The molecule has 1 heterocycles. The van der Waals surface area contributed by atoms with E-state index >= 15 is 0 Å². The second-order valence-corrected chi connectivity index (χ2v) is 7.31. The molecule has 0 aliphatic carbocycles. The van der Waals surface area contributed by atoms with Crippen molar-refractivity contribution in [2.24, 2.45) is 0 Å². The standard InChI is InChI=1S/C15H10ClN3O4S/c16-15-14(17-12-6-1-2-7-13(12)18-15)9-24(22,23)11-5-3-4-10(8-11)19(20)21/h1-8H,9H2. The number of non-ortho nitro benzene ring substituents is 1. The summed E-state index contributed by atoms with van der Waals surface area (Å²) in [6, 6.07) is 11.8. The zero-order valence-corrected chi connectivity index (χ0v) is 13.7. The van der Waals surface area contributed by atoms with Crippen molar-refractivity contribution in [1.82, 2.24) is 9.97 Å². The van der Waals surface area contributed by atoms with Crippen molar-refractivity contribution in [3.05, 3.63) is 69.5 Å². The lowest BCUT2D eigenvalue weighted by Crippen LogP contribution is -2.08. The van der Waals surface area contributed by atoms with Crippen molar-refractivity contribution in [2.75, 3.05) is 0 Å². The van der Waals surface area contributed by atoms with Crippen molar-refractivity contribution >= 4 is 38.2 Å². The Hall–Kier alpha value is -2.58. The molecular weight excluding hydrogens is 354 g/mol. The van der Waals surface area contributed by atoms with Gasteiger partial charge in [-0.2, -0.15) is 0 Å². The van der Waals surface area contributed by atoms with Crippen LogP contribution in [0.15, 0.2) is 53.4 Å². The number of sulfone groups is 1. The molecule has 0 saturated carbocycles. The molecule has 0 aliphatic heterocycles. The number of nitro groups is 1. The first-order valence-corrected chi connectivity index (χ1v) is 8.78. The molecule has 2 aromatic carbocycles. The van der Waals surface area contributed by atoms with E-state index in [2.05, 4.69) is 9.97 Å². The molecule has 0 radical (unpaired) electrons. The molecule has 1 aromatic heterocycles. The van der Waals surface area contributed by atoms with Crippen molar-refractivity contribution in [2.45, 2.75) is 10.6 Å². The maximum atomic E-state index is 12.5. The number of para-hydroxylation sites is 2. The third kappa shape index (κ3) is 3.19. The molecule has 0 unspecified atom stereocenters. The minimum atomic E-state index is -3.85. The van der Waals surface area contributed by atoms with Crippen LogP contribution in [0, 0.1) is 10.1 Å². The number of aromatic nitrogens is 2. The molecule has 0 N–H and O–H groups in total. The van der Waals surface area contributed by atoms with Crippen LogP contribution in [-0.4, -0.2) is 23.3 Å². The van der Waals surface area contributed by atoms with Crippen LogP contribution in [0.2, 0.25) is 5.15 Å². The van der Waals surface area contributed by atoms with E-state index in [-0.39, 0.29) is 21.4 Å². The zero-order chi connectivity index (χ0) is 17.3. The van der Waals surface area contributed by atoms with Crippen LogP contribution in [0.5, 0.6) is 0 Å². The number of benzene rings is 2. The van der Waals surface area contributed by atoms with E-state index in [9.17, 15) is 18.5 Å². The topological polar surface area (TPSA) is 103 Å². The van der Waals surface area contributed by atoms with E-state index in [0.29, 0.717) is 11.0 Å². The molecule has 3 rings (SSSR count). The van der Waals surface area contributed by atoms with Crippen LogP contribution in [0.1, 0.15) is 5.69 Å². The molecule has 0 fully saturated rings. The highest BCUT2D eigenvalue weighted by Crippen LogP contribution is 2.24. The van der Waals surface area contributed by atoms with E-state index < -0.39 is 20.5 Å². The lowest BCUT2D eigenvalue weighted by atomic mass is 10.3. The summed E-state index contributed by atoms with van der Waals surface area (Å²) >= 11 is 6.03. The Kier molecular flexibility index (Phi) is 4.16. The number of hydrogen-bond acceptors (Lipinski definition) is 6. The SMILES string of the molecule is O=[N+]([O-])c1cccc(S(=O)(=O)Cc2nc3ccccc3nc2Cl)c1. The fourth-order valence-corrected chi connectivity index (χ4v) is 3.75. The normalized spacial score (nSPS) is 11.5. The van der Waals surface area contributed by atoms with Gasteiger partial charge in [0.2, 0.25) is 0 Å². The molecule has 7 nitrogen and oxygen atoms in total. The largest absolute Gasteiger partial charge is 0.270 e. The minimum absolute atomic E-state index is 0.0114. The van der Waals surface area contributed by atoms with Gasteiger partial charge in [-0.05, 0) is 18.2 Å². The summed E-state index contributed by atoms with van der Waals surface area (Å²) in [5.41, 5.74) is 0.874. The van der Waals surface area contributed by atoms with Crippen molar-refractivity contribution < 1.29 is 13.3 Å². The monoisotopic (exact) mass is 363 g/mol. The first-order chi connectivity index (χ1) is 11.4. The van der Waals surface area contributed by atoms with E-state index in [0.717, 1.165) is 6.07 Å². The fraction of sp³-hybridized carbons (Fsp3) is 0.0667. The van der Waals surface area contributed by atoms with E-state index in [4.69, 9.17) is 11.6 Å². The van der Waals surface area contributed by atoms with Gasteiger partial charge in [-0.3, -0.25) is 10.1 Å². The van der Waals surface area contributed by atoms with E-state index in [1.54, 1.807) is 24.3 Å². The van der Waals surface area contributed by atoms with Crippen LogP contribution in [-0.2, 0) is 15.6 Å². The highest BCUT2D eigenvalue weighted by molar-refractivity contribution is 7.90. The molecule has 0 bridgehead atoms. The highest BCUT2D eigenvalue weighted by Gasteiger charge is 2.21. The number of halogens is 1. The fourth-order valence-electron chi connectivity index (χ4n) is 2.16. The summed E-state index contributed by atoms with van der Waals surface area (Å²) < 4.78 is 25.0. The van der Waals surface area contributed by atoms with Crippen LogP contribution < -0.4 is 0 Å². The summed E-state index contributed by atoms with van der Waals surface area (Å²) in [4.78, 5) is 18.4. The Bertz CT molecular complexity index is 1050. The summed E-state index contributed by atoms with van der Waals surface area (Å²) in [6.07, 6.45) is 0. The Morgan fingerprint density at radius 2 is 1.71 bits per heavy atom. The quantitative estimate of drug-likeness (QED) is 0.521. The predicted octanol–water partition coefficient (Wildman–Crippen LogP) is 3.17. The predicted molar refractivity (Wildman–Crippen MR) is 88.5 cm³/mol. The van der Waals surface area contributed by atoms with Crippen LogP contribution >= 0.6 is 11.6 Å². The van der Waals surface area contributed by atoms with Gasteiger partial charge < -0.3 is 0 Å². The average molecular weight is 364 g/mol. The molecule has 0 aliphatic rings. The Morgan fingerprint density at radius 3 is 2.38 bits per heavy atom. The second-order valence-electron chi connectivity index (χ2n) is 4.96. The molecule has 0 amide bonds. The van der Waals surface area contributed by atoms with Gasteiger partial charge in [0.15, 0.2) is 15.0 Å². The van der Waals surface area contributed by atoms with Crippen LogP contribution in [0.25, 0.3) is 11.0 Å². The number of nitrogens with zero attached hydrogens (tertiary/aromatic N) is 3. The summed E-state index contributed by atoms with van der Waals surface area (Å²) in [7, 11) is -3.85. The van der Waals surface area contributed by atoms with Gasteiger partial charge in [-0.1, -0.05) is 29.8 Å². The molecule has 3 aromatic rings. The van der Waals surface area contributed by atoms with Gasteiger partial charge in [-0.15, -0.1) is 0 Å². The molecule has 0 saturated heterocycles. The minimum Gasteiger partial charge on any atom is -0.258 e. The van der Waals surface area contributed by atoms with E-state index in [1.807, 2.05) is 0 Å². The van der Waals surface area contributed by atoms with Gasteiger partial charge in [0, 0.05) is 12.1 Å². The lowest BCUT2D eigenvalue weighted by molar-refractivity contribution is -0.385. The number of nitro benzene ring substituents is 1. The first kappa shape index (κ1) is 16.3. The smallest absolute Gasteiger partial charge is 0.258 e. The van der Waals surface area contributed by atoms with Gasteiger partial charge in [-0.25, -0.2) is 18.4 Å². The molecule has 24 heavy (non-hydrogen) atoms. The number of rotatable bonds is 4. The van der Waals surface area contributed by atoms with Gasteiger partial charge in [0.1, 0.15) is 5.75 Å². The zero-order valence-electron chi connectivity index (χ0n) is 12.1. The summed E-state index contributed by atoms with van der Waals surface area (Å²) in [5.74, 6) is -0.495. The van der Waals surface area contributed by atoms with Crippen molar-refractivity contribution in [3.8, 4) is 0 Å². The Morgan fingerprint density at radius 1 is 1.04 bits per heavy atom. The molecular formula is C15H10ClN3O4S. The summed E-state index contributed by atoms with van der Waals surface area (Å²) in [5, 5.41) is 10.8. The van der Waals surface area contributed by atoms with Crippen molar-refractivity contribution in [3.63, 3.8) is 0 Å². The Balaban J connectivity index is 2.02. The third-order valence-electron chi connectivity index (χ3n) is 3.31.